The first-order chi connectivity index (χ1) is 4.87. The van der Waals surface area contributed by atoms with E-state index in [0.29, 0.717) is 0 Å². The van der Waals surface area contributed by atoms with Crippen LogP contribution in [0.5, 0.6) is 0 Å². The maximum atomic E-state index is 4.24. The van der Waals surface area contributed by atoms with E-state index in [1.807, 2.05) is 0 Å². The lowest BCUT2D eigenvalue weighted by molar-refractivity contribution is 0.405. The molecule has 10 heavy (non-hydrogen) atoms. The van der Waals surface area contributed by atoms with Gasteiger partial charge in [-0.25, -0.2) is 0 Å². The Bertz CT molecular complexity index is 414. The van der Waals surface area contributed by atoms with Gasteiger partial charge in [-0.2, -0.15) is 0 Å². The van der Waals surface area contributed by atoms with E-state index in [1.54, 1.807) is 6.42 Å². The summed E-state index contributed by atoms with van der Waals surface area (Å²) in [6, 6.07) is 0. The fourth-order valence-corrected chi connectivity index (χ4v) is 7.86. The Labute approximate surface area is 59.0 Å². The molecule has 46 valence electrons. The molecule has 5 spiro atoms. The second-order valence-electron chi connectivity index (χ2n) is 6.05. The molecular weight excluding hydrogens is 120 g/mol. The minimum absolute atomic E-state index is 0.960. The van der Waals surface area contributed by atoms with Gasteiger partial charge in [0.1, 0.15) is 5.92 Å². The molecule has 0 aromatic rings. The molecule has 0 radical (unpaired) electrons. The molecule has 8 unspecified atom stereocenters. The summed E-state index contributed by atoms with van der Waals surface area (Å²) < 4.78 is 0. The molecule has 0 heterocycles. The van der Waals surface area contributed by atoms with Gasteiger partial charge in [-0.3, -0.25) is 0 Å². The van der Waals surface area contributed by atoms with Crippen LogP contribution in [0.15, 0.2) is 0 Å². The fraction of sp³-hybridized carbons (Fsp3) is 0.900. The van der Waals surface area contributed by atoms with Crippen LogP contribution in [0.4, 0.5) is 0 Å². The highest BCUT2D eigenvalue weighted by Crippen LogP contribution is 3.59. The fourth-order valence-electron chi connectivity index (χ4n) is 7.86. The van der Waals surface area contributed by atoms with E-state index in [1.165, 1.54) is 11.8 Å². The Morgan fingerprint density at radius 3 is 2.70 bits per heavy atom. The average molecular weight is 127 g/mol. The van der Waals surface area contributed by atoms with Crippen LogP contribution in [0.3, 0.4) is 0 Å². The molecule has 8 atom stereocenters. The Morgan fingerprint density at radius 2 is 2.20 bits per heavy atom. The zero-order valence-electron chi connectivity index (χ0n) is 5.65. The molecule has 0 bridgehead atoms. The molecule has 0 nitrogen and oxygen atoms in total. The van der Waals surface area contributed by atoms with E-state index in [-0.39, 0.29) is 0 Å². The van der Waals surface area contributed by atoms with Crippen LogP contribution in [0, 0.1) is 51.8 Å². The van der Waals surface area contributed by atoms with Crippen molar-refractivity contribution in [2.75, 3.05) is 0 Å². The van der Waals surface area contributed by atoms with Crippen molar-refractivity contribution in [2.45, 2.75) is 6.42 Å². The van der Waals surface area contributed by atoms with Gasteiger partial charge in [0.25, 0.3) is 0 Å². The topological polar surface area (TPSA) is 0 Å². The zero-order valence-corrected chi connectivity index (χ0v) is 5.65. The van der Waals surface area contributed by atoms with Crippen molar-refractivity contribution in [2.24, 2.45) is 44.8 Å². The van der Waals surface area contributed by atoms with Gasteiger partial charge in [-0.05, 0) is 23.2 Å². The maximum absolute atomic E-state index is 4.24. The molecule has 0 heteroatoms. The molecule has 7 aliphatic carbocycles. The third-order valence-electron chi connectivity index (χ3n) is 7.42. The first kappa shape index (κ1) is 3.08. The van der Waals surface area contributed by atoms with Crippen LogP contribution in [0.2, 0.25) is 0 Å². The molecule has 0 aromatic carbocycles. The summed E-state index contributed by atoms with van der Waals surface area (Å²) in [4.78, 5) is 0. The summed E-state index contributed by atoms with van der Waals surface area (Å²) in [6.07, 6.45) is 1.66. The van der Waals surface area contributed by atoms with Crippen LogP contribution in [-0.2, 0) is 0 Å². The van der Waals surface area contributed by atoms with Crippen molar-refractivity contribution in [1.82, 2.24) is 0 Å². The summed E-state index contributed by atoms with van der Waals surface area (Å²) in [5, 5.41) is 0. The van der Waals surface area contributed by atoms with Gasteiger partial charge in [-0.15, -0.1) is 0 Å². The van der Waals surface area contributed by atoms with E-state index in [2.05, 4.69) is 6.92 Å². The summed E-state index contributed by atoms with van der Waals surface area (Å²) in [5.74, 6) is 3.48. The smallest absolute Gasteiger partial charge is 0.0421 e. The van der Waals surface area contributed by atoms with E-state index >= 15 is 0 Å². The molecular formula is C10H7+. The van der Waals surface area contributed by atoms with Gasteiger partial charge in [0, 0.05) is 22.2 Å². The van der Waals surface area contributed by atoms with Crippen molar-refractivity contribution >= 4 is 0 Å². The van der Waals surface area contributed by atoms with Gasteiger partial charge in [0.05, 0.1) is 6.92 Å². The Kier molecular flexibility index (Phi) is 0.107. The molecule has 0 N–H and O–H groups in total. The van der Waals surface area contributed by atoms with Gasteiger partial charge in [0.15, 0.2) is 0 Å². The highest BCUT2D eigenvalue weighted by Gasteiger charge is 3.59. The van der Waals surface area contributed by atoms with Gasteiger partial charge >= 0.3 is 0 Å². The van der Waals surface area contributed by atoms with Crippen molar-refractivity contribution in [3.8, 4) is 0 Å². The number of hydrogen-bond acceptors (Lipinski definition) is 0. The lowest BCUT2D eigenvalue weighted by Crippen LogP contribution is -2.04. The second kappa shape index (κ2) is 0.346. The number of rotatable bonds is 0. The molecule has 7 aliphatic rings. The van der Waals surface area contributed by atoms with Crippen LogP contribution < -0.4 is 0 Å². The lowest BCUT2D eigenvalue weighted by atomic mass is 9.96. The number of hydrogen-bond donors (Lipinski definition) is 0. The predicted molar refractivity (Wildman–Crippen MR) is 32.6 cm³/mol. The largest absolute Gasteiger partial charge is 0.107 e. The van der Waals surface area contributed by atoms with E-state index in [4.69, 9.17) is 0 Å². The van der Waals surface area contributed by atoms with Gasteiger partial charge in [-0.1, -0.05) is 0 Å². The standard InChI is InChI=1S/C10H7/c1-3-5-7(3)9(5)8-4-2-6(4,8)10(7,8)9/h3-5H,1-2H2/q+1. The molecule has 0 saturated heterocycles. The molecule has 7 fully saturated rings. The van der Waals surface area contributed by atoms with Crippen LogP contribution in [-0.4, -0.2) is 0 Å². The zero-order chi connectivity index (χ0) is 5.94. The molecule has 0 aliphatic heterocycles. The highest BCUT2D eigenvalue weighted by molar-refractivity contribution is 6.02. The predicted octanol–water partition coefficient (Wildman–Crippen LogP) is 1.09. The van der Waals surface area contributed by atoms with Crippen molar-refractivity contribution in [3.63, 3.8) is 0 Å². The van der Waals surface area contributed by atoms with Crippen molar-refractivity contribution in [1.29, 1.82) is 0 Å². The van der Waals surface area contributed by atoms with Gasteiger partial charge < -0.3 is 0 Å². The summed E-state index contributed by atoms with van der Waals surface area (Å²) >= 11 is 0. The SMILES string of the molecule is [CH2+]C1C2C13C21C24C5CC52C341. The summed E-state index contributed by atoms with van der Waals surface area (Å²) in [6.45, 7) is 4.24. The molecule has 7 saturated carbocycles. The minimum Gasteiger partial charge on any atom is -0.0421 e. The third kappa shape index (κ3) is 0.0481. The lowest BCUT2D eigenvalue weighted by Gasteiger charge is -2.03. The van der Waals surface area contributed by atoms with Crippen LogP contribution >= 0.6 is 0 Å². The molecule has 0 aromatic heterocycles. The normalized spacial score (nSPS) is 131. The van der Waals surface area contributed by atoms with E-state index < -0.39 is 0 Å². The van der Waals surface area contributed by atoms with Crippen LogP contribution in [0.25, 0.3) is 0 Å². The van der Waals surface area contributed by atoms with Gasteiger partial charge in [0.2, 0.25) is 0 Å². The van der Waals surface area contributed by atoms with E-state index in [0.717, 1.165) is 33.0 Å². The Morgan fingerprint density at radius 1 is 1.30 bits per heavy atom. The monoisotopic (exact) mass is 127 g/mol. The second-order valence-corrected chi connectivity index (χ2v) is 6.05. The molecule has 7 rings (SSSR count). The third-order valence-corrected chi connectivity index (χ3v) is 7.42. The van der Waals surface area contributed by atoms with Crippen LogP contribution in [0.1, 0.15) is 6.42 Å². The minimum atomic E-state index is 0.960. The first-order valence-corrected chi connectivity index (χ1v) is 4.70. The Balaban J connectivity index is 1.77. The first-order valence-electron chi connectivity index (χ1n) is 4.70. The Hall–Kier alpha value is -0.130. The highest BCUT2D eigenvalue weighted by atomic mass is 15.6. The quantitative estimate of drug-likeness (QED) is 0.427. The maximum Gasteiger partial charge on any atom is 0.107 e. The summed E-state index contributed by atoms with van der Waals surface area (Å²) in [5.41, 5.74) is 5.37. The van der Waals surface area contributed by atoms with E-state index in [9.17, 15) is 0 Å². The van der Waals surface area contributed by atoms with Crippen molar-refractivity contribution < 1.29 is 0 Å². The average Bonchev–Trinajstić information content (AvgIpc) is 2.63. The molecule has 0 amide bonds. The summed E-state index contributed by atoms with van der Waals surface area (Å²) in [7, 11) is 0. The van der Waals surface area contributed by atoms with Crippen molar-refractivity contribution in [3.05, 3.63) is 6.92 Å².